The summed E-state index contributed by atoms with van der Waals surface area (Å²) < 4.78 is 13.0. The largest absolute Gasteiger partial charge is 0.398 e. The summed E-state index contributed by atoms with van der Waals surface area (Å²) in [5.41, 5.74) is 11.9. The number of benzene rings is 1. The number of halogens is 1. The summed E-state index contributed by atoms with van der Waals surface area (Å²) in [6.07, 6.45) is 0. The lowest BCUT2D eigenvalue weighted by atomic mass is 9.97. The van der Waals surface area contributed by atoms with Crippen LogP contribution in [0, 0.1) is 23.1 Å². The Hall–Kier alpha value is -1.69. The zero-order valence-electron chi connectivity index (χ0n) is 9.19. The lowest BCUT2D eigenvalue weighted by molar-refractivity contribution is 0.571. The van der Waals surface area contributed by atoms with Crippen molar-refractivity contribution < 1.29 is 4.39 Å². The predicted molar refractivity (Wildman–Crippen MR) is 61.6 cm³/mol. The SMILES string of the molecule is CC(C)(C)C#Cc1cc(N)c(F)cc1N. The van der Waals surface area contributed by atoms with Crippen LogP contribution >= 0.6 is 0 Å². The lowest BCUT2D eigenvalue weighted by Crippen LogP contribution is -2.01. The Balaban J connectivity index is 3.15. The van der Waals surface area contributed by atoms with Crippen molar-refractivity contribution >= 4 is 11.4 Å². The fourth-order valence-electron chi connectivity index (χ4n) is 0.968. The van der Waals surface area contributed by atoms with Gasteiger partial charge in [-0.25, -0.2) is 4.39 Å². The van der Waals surface area contributed by atoms with E-state index in [1.54, 1.807) is 0 Å². The van der Waals surface area contributed by atoms with Crippen molar-refractivity contribution in [3.63, 3.8) is 0 Å². The van der Waals surface area contributed by atoms with Crippen molar-refractivity contribution in [3.05, 3.63) is 23.5 Å². The van der Waals surface area contributed by atoms with Crippen molar-refractivity contribution in [1.82, 2.24) is 0 Å². The first-order chi connectivity index (χ1) is 6.79. The Morgan fingerprint density at radius 1 is 1.13 bits per heavy atom. The Bertz CT molecular complexity index is 433. The van der Waals surface area contributed by atoms with E-state index in [4.69, 9.17) is 11.5 Å². The first kappa shape index (κ1) is 11.4. The van der Waals surface area contributed by atoms with E-state index in [-0.39, 0.29) is 11.1 Å². The molecule has 1 aromatic carbocycles. The highest BCUT2D eigenvalue weighted by atomic mass is 19.1. The maximum atomic E-state index is 13.0. The summed E-state index contributed by atoms with van der Waals surface area (Å²) in [4.78, 5) is 0. The van der Waals surface area contributed by atoms with E-state index in [1.807, 2.05) is 20.8 Å². The van der Waals surface area contributed by atoms with Crippen LogP contribution in [-0.2, 0) is 0 Å². The van der Waals surface area contributed by atoms with Gasteiger partial charge in [0.15, 0.2) is 0 Å². The molecule has 1 rings (SSSR count). The van der Waals surface area contributed by atoms with Gasteiger partial charge in [-0.1, -0.05) is 11.8 Å². The minimum atomic E-state index is -0.506. The summed E-state index contributed by atoms with van der Waals surface area (Å²) >= 11 is 0. The maximum absolute atomic E-state index is 13.0. The monoisotopic (exact) mass is 206 g/mol. The quantitative estimate of drug-likeness (QED) is 0.506. The molecule has 0 atom stereocenters. The Morgan fingerprint density at radius 3 is 2.27 bits per heavy atom. The second-order valence-corrected chi connectivity index (χ2v) is 4.46. The van der Waals surface area contributed by atoms with Crippen molar-refractivity contribution in [3.8, 4) is 11.8 Å². The molecule has 0 spiro atoms. The molecule has 0 aromatic heterocycles. The first-order valence-corrected chi connectivity index (χ1v) is 4.67. The summed E-state index contributed by atoms with van der Waals surface area (Å²) in [6, 6.07) is 2.66. The van der Waals surface area contributed by atoms with Crippen molar-refractivity contribution in [2.24, 2.45) is 5.41 Å². The van der Waals surface area contributed by atoms with Gasteiger partial charge >= 0.3 is 0 Å². The molecule has 0 saturated heterocycles. The number of hydrogen-bond acceptors (Lipinski definition) is 2. The van der Waals surface area contributed by atoms with Gasteiger partial charge in [-0.2, -0.15) is 0 Å². The highest BCUT2D eigenvalue weighted by Crippen LogP contribution is 2.19. The molecule has 3 heteroatoms. The summed E-state index contributed by atoms with van der Waals surface area (Å²) in [5.74, 6) is 5.41. The number of hydrogen-bond donors (Lipinski definition) is 2. The molecule has 0 amide bonds. The smallest absolute Gasteiger partial charge is 0.148 e. The van der Waals surface area contributed by atoms with Gasteiger partial charge in [0.25, 0.3) is 0 Å². The van der Waals surface area contributed by atoms with E-state index >= 15 is 0 Å². The molecule has 4 N–H and O–H groups in total. The third-order valence-corrected chi connectivity index (χ3v) is 1.74. The van der Waals surface area contributed by atoms with E-state index in [1.165, 1.54) is 12.1 Å². The molecular formula is C12H15FN2. The predicted octanol–water partition coefficient (Wildman–Crippen LogP) is 2.39. The second-order valence-electron chi connectivity index (χ2n) is 4.46. The van der Waals surface area contributed by atoms with Crippen LogP contribution in [0.1, 0.15) is 26.3 Å². The van der Waals surface area contributed by atoms with Crippen molar-refractivity contribution in [2.75, 3.05) is 11.5 Å². The highest BCUT2D eigenvalue weighted by molar-refractivity contribution is 5.62. The zero-order chi connectivity index (χ0) is 11.6. The summed E-state index contributed by atoms with van der Waals surface area (Å²) in [5, 5.41) is 0. The van der Waals surface area contributed by atoms with Gasteiger partial charge in [0.2, 0.25) is 0 Å². The minimum absolute atomic E-state index is 0.0717. The van der Waals surface area contributed by atoms with E-state index in [2.05, 4.69) is 11.8 Å². The molecule has 2 nitrogen and oxygen atoms in total. The van der Waals surface area contributed by atoms with E-state index in [0.29, 0.717) is 11.3 Å². The second kappa shape index (κ2) is 3.82. The summed E-state index contributed by atoms with van der Waals surface area (Å²) in [7, 11) is 0. The van der Waals surface area contributed by atoms with Gasteiger partial charge in [0.05, 0.1) is 11.4 Å². The Kier molecular flexibility index (Phi) is 2.90. The first-order valence-electron chi connectivity index (χ1n) is 4.67. The van der Waals surface area contributed by atoms with Crippen molar-refractivity contribution in [2.45, 2.75) is 20.8 Å². The average Bonchev–Trinajstić information content (AvgIpc) is 2.07. The molecule has 0 heterocycles. The van der Waals surface area contributed by atoms with E-state index in [0.717, 1.165) is 0 Å². The fourth-order valence-corrected chi connectivity index (χ4v) is 0.968. The Labute approximate surface area is 89.5 Å². The molecule has 1 aromatic rings. The third kappa shape index (κ3) is 3.17. The number of rotatable bonds is 0. The van der Waals surface area contributed by atoms with Crippen molar-refractivity contribution in [1.29, 1.82) is 0 Å². The van der Waals surface area contributed by atoms with Crippen LogP contribution in [0.15, 0.2) is 12.1 Å². The normalized spacial score (nSPS) is 10.7. The zero-order valence-corrected chi connectivity index (χ0v) is 9.19. The molecule has 80 valence electrons. The van der Waals surface area contributed by atoms with Crippen LogP contribution in [-0.4, -0.2) is 0 Å². The number of nitrogens with two attached hydrogens (primary N) is 2. The van der Waals surface area contributed by atoms with Gasteiger partial charge in [0, 0.05) is 17.0 Å². The van der Waals surface area contributed by atoms with Gasteiger partial charge < -0.3 is 11.5 Å². The highest BCUT2D eigenvalue weighted by Gasteiger charge is 2.06. The van der Waals surface area contributed by atoms with Gasteiger partial charge in [0.1, 0.15) is 5.82 Å². The lowest BCUT2D eigenvalue weighted by Gasteiger charge is -2.07. The number of nitrogen functional groups attached to an aromatic ring is 2. The molecule has 0 bridgehead atoms. The van der Waals surface area contributed by atoms with Crippen LogP contribution in [0.5, 0.6) is 0 Å². The van der Waals surface area contributed by atoms with E-state index in [9.17, 15) is 4.39 Å². The topological polar surface area (TPSA) is 52.0 Å². The fraction of sp³-hybridized carbons (Fsp3) is 0.333. The molecule has 0 radical (unpaired) electrons. The molecular weight excluding hydrogens is 191 g/mol. The molecule has 0 saturated carbocycles. The van der Waals surface area contributed by atoms with Gasteiger partial charge in [-0.3, -0.25) is 0 Å². The summed E-state index contributed by atoms with van der Waals surface area (Å²) in [6.45, 7) is 5.97. The van der Waals surface area contributed by atoms with Gasteiger partial charge in [-0.15, -0.1) is 0 Å². The molecule has 0 aliphatic rings. The molecule has 0 aliphatic heterocycles. The molecule has 0 aliphatic carbocycles. The van der Waals surface area contributed by atoms with Crippen LogP contribution < -0.4 is 11.5 Å². The maximum Gasteiger partial charge on any atom is 0.148 e. The van der Waals surface area contributed by atoms with E-state index < -0.39 is 5.82 Å². The standard InChI is InChI=1S/C12H15FN2/c1-12(2,3)5-4-8-6-11(15)9(13)7-10(8)14/h6-7H,14-15H2,1-3H3. The van der Waals surface area contributed by atoms with Crippen LogP contribution in [0.25, 0.3) is 0 Å². The van der Waals surface area contributed by atoms with Gasteiger partial charge in [-0.05, 0) is 26.8 Å². The Morgan fingerprint density at radius 2 is 1.73 bits per heavy atom. The van der Waals surface area contributed by atoms with Crippen LogP contribution in [0.2, 0.25) is 0 Å². The van der Waals surface area contributed by atoms with Crippen LogP contribution in [0.3, 0.4) is 0 Å². The molecule has 15 heavy (non-hydrogen) atoms. The number of anilines is 2. The third-order valence-electron chi connectivity index (χ3n) is 1.74. The molecule has 0 unspecified atom stereocenters. The average molecular weight is 206 g/mol. The van der Waals surface area contributed by atoms with Crippen LogP contribution in [0.4, 0.5) is 15.8 Å². The molecule has 0 fully saturated rings. The minimum Gasteiger partial charge on any atom is -0.398 e.